The van der Waals surface area contributed by atoms with Crippen molar-refractivity contribution in [1.29, 1.82) is 0 Å². The number of hydrogen-bond donors (Lipinski definition) is 2. The lowest BCUT2D eigenvalue weighted by Crippen LogP contribution is -2.47. The number of nitrogens with zero attached hydrogens (tertiary/aromatic N) is 1. The molecule has 3 N–H and O–H groups in total. The standard InChI is InChI=1S/C16H24FN3O2/c1-4-20(10-12-6-5-7-13(17)8-12)14(21)9-19-16(22)15(18)11(2)3/h5-8,11,15H,4,9-10,18H2,1-3H3,(H,19,22)/t15-/m0/s1. The molecule has 0 fully saturated rings. The summed E-state index contributed by atoms with van der Waals surface area (Å²) in [6, 6.07) is 5.47. The Morgan fingerprint density at radius 3 is 2.59 bits per heavy atom. The van der Waals surface area contributed by atoms with Crippen LogP contribution in [0.1, 0.15) is 26.3 Å². The quantitative estimate of drug-likeness (QED) is 0.796. The van der Waals surface area contributed by atoms with Gasteiger partial charge in [0.05, 0.1) is 12.6 Å². The molecule has 0 aromatic heterocycles. The molecule has 22 heavy (non-hydrogen) atoms. The molecule has 2 amide bonds. The van der Waals surface area contributed by atoms with Crippen LogP contribution in [0.3, 0.4) is 0 Å². The third kappa shape index (κ3) is 5.44. The number of benzene rings is 1. The van der Waals surface area contributed by atoms with Crippen LogP contribution in [-0.2, 0) is 16.1 Å². The Labute approximate surface area is 130 Å². The summed E-state index contributed by atoms with van der Waals surface area (Å²) in [5, 5.41) is 2.55. The highest BCUT2D eigenvalue weighted by atomic mass is 19.1. The van der Waals surface area contributed by atoms with E-state index in [0.29, 0.717) is 18.7 Å². The first-order valence-corrected chi connectivity index (χ1v) is 7.40. The summed E-state index contributed by atoms with van der Waals surface area (Å²) in [7, 11) is 0. The number of halogens is 1. The van der Waals surface area contributed by atoms with E-state index in [9.17, 15) is 14.0 Å². The first-order chi connectivity index (χ1) is 10.3. The zero-order valence-corrected chi connectivity index (χ0v) is 13.3. The van der Waals surface area contributed by atoms with E-state index >= 15 is 0 Å². The van der Waals surface area contributed by atoms with Crippen molar-refractivity contribution in [3.8, 4) is 0 Å². The summed E-state index contributed by atoms with van der Waals surface area (Å²) in [6.45, 7) is 6.19. The number of carbonyl (C=O) groups excluding carboxylic acids is 2. The molecular weight excluding hydrogens is 285 g/mol. The second-order valence-corrected chi connectivity index (χ2v) is 5.53. The molecule has 0 aliphatic carbocycles. The average Bonchev–Trinajstić information content (AvgIpc) is 2.49. The van der Waals surface area contributed by atoms with Gasteiger partial charge in [-0.05, 0) is 30.5 Å². The summed E-state index contributed by atoms with van der Waals surface area (Å²) in [5.74, 6) is -0.900. The van der Waals surface area contributed by atoms with E-state index in [2.05, 4.69) is 5.32 Å². The third-order valence-electron chi connectivity index (χ3n) is 3.43. The van der Waals surface area contributed by atoms with Gasteiger partial charge in [-0.25, -0.2) is 4.39 Å². The number of nitrogens with one attached hydrogen (secondary N) is 1. The van der Waals surface area contributed by atoms with E-state index in [0.717, 1.165) is 0 Å². The monoisotopic (exact) mass is 309 g/mol. The molecule has 0 bridgehead atoms. The van der Waals surface area contributed by atoms with Crippen LogP contribution in [0.15, 0.2) is 24.3 Å². The van der Waals surface area contributed by atoms with Crippen molar-refractivity contribution in [2.75, 3.05) is 13.1 Å². The average molecular weight is 309 g/mol. The Hall–Kier alpha value is -1.95. The molecule has 0 spiro atoms. The molecule has 0 aliphatic rings. The fraction of sp³-hybridized carbons (Fsp3) is 0.500. The Morgan fingerprint density at radius 2 is 2.05 bits per heavy atom. The van der Waals surface area contributed by atoms with Crippen molar-refractivity contribution in [3.63, 3.8) is 0 Å². The highest BCUT2D eigenvalue weighted by molar-refractivity contribution is 5.87. The van der Waals surface area contributed by atoms with Gasteiger partial charge in [0.15, 0.2) is 0 Å². The van der Waals surface area contributed by atoms with Crippen LogP contribution < -0.4 is 11.1 Å². The topological polar surface area (TPSA) is 75.4 Å². The van der Waals surface area contributed by atoms with Crippen molar-refractivity contribution in [3.05, 3.63) is 35.6 Å². The molecular formula is C16H24FN3O2. The normalized spacial score (nSPS) is 12.1. The van der Waals surface area contributed by atoms with Gasteiger partial charge in [0.25, 0.3) is 0 Å². The first kappa shape index (κ1) is 18.1. The van der Waals surface area contributed by atoms with Crippen molar-refractivity contribution < 1.29 is 14.0 Å². The number of nitrogens with two attached hydrogens (primary N) is 1. The minimum atomic E-state index is -0.633. The second kappa shape index (κ2) is 8.48. The van der Waals surface area contributed by atoms with Gasteiger partial charge >= 0.3 is 0 Å². The fourth-order valence-electron chi connectivity index (χ4n) is 1.93. The summed E-state index contributed by atoms with van der Waals surface area (Å²) < 4.78 is 13.2. The van der Waals surface area contributed by atoms with Gasteiger partial charge < -0.3 is 16.0 Å². The van der Waals surface area contributed by atoms with Gasteiger partial charge in [-0.15, -0.1) is 0 Å². The summed E-state index contributed by atoms with van der Waals surface area (Å²) >= 11 is 0. The Balaban J connectivity index is 2.56. The summed E-state index contributed by atoms with van der Waals surface area (Å²) in [6.07, 6.45) is 0. The van der Waals surface area contributed by atoms with Crippen LogP contribution >= 0.6 is 0 Å². The zero-order valence-electron chi connectivity index (χ0n) is 13.3. The molecule has 1 aromatic rings. The van der Waals surface area contributed by atoms with E-state index in [1.165, 1.54) is 12.1 Å². The van der Waals surface area contributed by atoms with E-state index < -0.39 is 6.04 Å². The molecule has 0 radical (unpaired) electrons. The van der Waals surface area contributed by atoms with Crippen molar-refractivity contribution in [1.82, 2.24) is 10.2 Å². The van der Waals surface area contributed by atoms with Gasteiger partial charge in [-0.1, -0.05) is 26.0 Å². The van der Waals surface area contributed by atoms with Crippen LogP contribution in [0.4, 0.5) is 4.39 Å². The fourth-order valence-corrected chi connectivity index (χ4v) is 1.93. The minimum absolute atomic E-state index is 0.00433. The molecule has 122 valence electrons. The highest BCUT2D eigenvalue weighted by Gasteiger charge is 2.19. The molecule has 1 atom stereocenters. The predicted octanol–water partition coefficient (Wildman–Crippen LogP) is 1.27. The maximum atomic E-state index is 13.2. The number of amides is 2. The predicted molar refractivity (Wildman–Crippen MR) is 83.3 cm³/mol. The molecule has 1 rings (SSSR count). The summed E-state index contributed by atoms with van der Waals surface area (Å²) in [4.78, 5) is 25.4. The lowest BCUT2D eigenvalue weighted by atomic mass is 10.1. The van der Waals surface area contributed by atoms with E-state index in [1.807, 2.05) is 20.8 Å². The van der Waals surface area contributed by atoms with Gasteiger partial charge in [0.2, 0.25) is 11.8 Å². The lowest BCUT2D eigenvalue weighted by molar-refractivity contribution is -0.133. The molecule has 0 saturated heterocycles. The molecule has 0 heterocycles. The van der Waals surface area contributed by atoms with Crippen LogP contribution in [0.5, 0.6) is 0 Å². The number of carbonyl (C=O) groups is 2. The van der Waals surface area contributed by atoms with Crippen LogP contribution in [0.2, 0.25) is 0 Å². The molecule has 6 heteroatoms. The lowest BCUT2D eigenvalue weighted by Gasteiger charge is -2.22. The van der Waals surface area contributed by atoms with E-state index in [4.69, 9.17) is 5.73 Å². The number of hydrogen-bond acceptors (Lipinski definition) is 3. The van der Waals surface area contributed by atoms with Crippen molar-refractivity contribution in [2.45, 2.75) is 33.4 Å². The molecule has 0 saturated carbocycles. The Kier molecular flexibility index (Phi) is 6.98. The molecule has 5 nitrogen and oxygen atoms in total. The van der Waals surface area contributed by atoms with Gasteiger partial charge in [0, 0.05) is 13.1 Å². The minimum Gasteiger partial charge on any atom is -0.346 e. The van der Waals surface area contributed by atoms with Crippen LogP contribution in [0.25, 0.3) is 0 Å². The zero-order chi connectivity index (χ0) is 16.7. The Bertz CT molecular complexity index is 520. The maximum absolute atomic E-state index is 13.2. The smallest absolute Gasteiger partial charge is 0.242 e. The van der Waals surface area contributed by atoms with Crippen LogP contribution in [-0.4, -0.2) is 35.8 Å². The summed E-state index contributed by atoms with van der Waals surface area (Å²) in [5.41, 5.74) is 6.43. The van der Waals surface area contributed by atoms with Gasteiger partial charge in [-0.3, -0.25) is 9.59 Å². The molecule has 0 unspecified atom stereocenters. The molecule has 1 aromatic carbocycles. The highest BCUT2D eigenvalue weighted by Crippen LogP contribution is 2.07. The maximum Gasteiger partial charge on any atom is 0.242 e. The number of likely N-dealkylation sites (N-methyl/N-ethyl adjacent to an activating group) is 1. The van der Waals surface area contributed by atoms with E-state index in [-0.39, 0.29) is 30.1 Å². The van der Waals surface area contributed by atoms with Crippen molar-refractivity contribution in [2.24, 2.45) is 11.7 Å². The van der Waals surface area contributed by atoms with Gasteiger partial charge in [-0.2, -0.15) is 0 Å². The third-order valence-corrected chi connectivity index (χ3v) is 3.43. The van der Waals surface area contributed by atoms with Crippen molar-refractivity contribution >= 4 is 11.8 Å². The Morgan fingerprint density at radius 1 is 1.36 bits per heavy atom. The van der Waals surface area contributed by atoms with E-state index in [1.54, 1.807) is 17.0 Å². The largest absolute Gasteiger partial charge is 0.346 e. The first-order valence-electron chi connectivity index (χ1n) is 7.40. The number of rotatable bonds is 7. The van der Waals surface area contributed by atoms with Gasteiger partial charge in [0.1, 0.15) is 5.82 Å². The SMILES string of the molecule is CCN(Cc1cccc(F)c1)C(=O)CNC(=O)[C@@H](N)C(C)C. The van der Waals surface area contributed by atoms with Crippen LogP contribution in [0, 0.1) is 11.7 Å². The second-order valence-electron chi connectivity index (χ2n) is 5.53. The molecule has 0 aliphatic heterocycles.